The van der Waals surface area contributed by atoms with E-state index in [4.69, 9.17) is 5.11 Å². The smallest absolute Gasteiger partial charge is 0.263 e. The molecule has 0 spiro atoms. The van der Waals surface area contributed by atoms with Gasteiger partial charge in [-0.05, 0) is 38.0 Å². The number of rotatable bonds is 1. The minimum Gasteiger partial charge on any atom is -0.512 e. The second-order valence-electron chi connectivity index (χ2n) is 9.22. The van der Waals surface area contributed by atoms with Crippen LogP contribution in [0.25, 0.3) is 16.4 Å². The van der Waals surface area contributed by atoms with Crippen molar-refractivity contribution in [3.63, 3.8) is 0 Å². The molecule has 1 aromatic carbocycles. The third-order valence-electron chi connectivity index (χ3n) is 7.19. The molecule has 2 aliphatic rings. The van der Waals surface area contributed by atoms with Crippen LogP contribution in [0.5, 0.6) is 0 Å². The van der Waals surface area contributed by atoms with Crippen LogP contribution in [0.2, 0.25) is 0 Å². The first-order valence-electron chi connectivity index (χ1n) is 10.3. The van der Waals surface area contributed by atoms with Crippen molar-refractivity contribution in [2.75, 3.05) is 0 Å². The summed E-state index contributed by atoms with van der Waals surface area (Å²) in [5.74, 6) is 0.497. The van der Waals surface area contributed by atoms with Gasteiger partial charge in [0.2, 0.25) is 0 Å². The largest absolute Gasteiger partial charge is 0.512 e. The van der Waals surface area contributed by atoms with Crippen LogP contribution in [-0.4, -0.2) is 20.3 Å². The number of hydrogen-bond acceptors (Lipinski definition) is 4. The summed E-state index contributed by atoms with van der Waals surface area (Å²) < 4.78 is 2.16. The first kappa shape index (κ1) is 23.4. The van der Waals surface area contributed by atoms with E-state index in [0.29, 0.717) is 5.92 Å². The standard InChI is InChI=1S/C20H19N2O.C5H8O2.Ir/c1-19(2)14-8-10-20(19,3)17-16(14)12-6-4-5-7-13(12)18-21-15(23)9-11-22(17)18;1-4(6)3-5(2)7;/h4-6,9,11,14H,8,10H2,1-3H3;3,6H,1-2H3;/q-1;;. The fourth-order valence-electron chi connectivity index (χ4n) is 5.50. The van der Waals surface area contributed by atoms with Crippen LogP contribution in [0.4, 0.5) is 0 Å². The average molecular weight is 596 g/mol. The van der Waals surface area contributed by atoms with Gasteiger partial charge in [0.25, 0.3) is 5.56 Å². The number of pyridine rings is 1. The molecule has 0 saturated heterocycles. The Bertz CT molecular complexity index is 1270. The number of aromatic nitrogens is 2. The number of nitrogens with zero attached hydrogens (tertiary/aromatic N) is 2. The summed E-state index contributed by atoms with van der Waals surface area (Å²) in [7, 11) is 0. The Morgan fingerprint density at radius 3 is 2.61 bits per heavy atom. The van der Waals surface area contributed by atoms with Gasteiger partial charge < -0.3 is 9.51 Å². The predicted octanol–water partition coefficient (Wildman–Crippen LogP) is 4.86. The van der Waals surface area contributed by atoms with Gasteiger partial charge in [0.1, 0.15) is 0 Å². The molecule has 1 fully saturated rings. The number of carbonyl (C=O) groups excluding carboxylic acids is 1. The van der Waals surface area contributed by atoms with Crippen molar-refractivity contribution in [1.29, 1.82) is 0 Å². The second-order valence-corrected chi connectivity index (χ2v) is 9.22. The third-order valence-corrected chi connectivity index (χ3v) is 7.19. The Kier molecular flexibility index (Phi) is 6.03. The van der Waals surface area contributed by atoms with E-state index in [1.54, 1.807) is 6.07 Å². The van der Waals surface area contributed by atoms with Gasteiger partial charge in [-0.25, -0.2) is 4.98 Å². The Hall–Kier alpha value is -2.30. The maximum atomic E-state index is 11.9. The van der Waals surface area contributed by atoms with Gasteiger partial charge in [0.15, 0.2) is 5.78 Å². The molecular formula is C25H27IrN2O3-. The van der Waals surface area contributed by atoms with Crippen LogP contribution in [0.3, 0.4) is 0 Å². The molecular weight excluding hydrogens is 569 g/mol. The molecule has 0 aliphatic heterocycles. The Labute approximate surface area is 195 Å². The summed E-state index contributed by atoms with van der Waals surface area (Å²) in [6.45, 7) is 10.0. The van der Waals surface area contributed by atoms with Crippen molar-refractivity contribution >= 4 is 22.2 Å². The molecule has 2 aromatic heterocycles. The van der Waals surface area contributed by atoms with Crippen LogP contribution in [0.15, 0.2) is 47.1 Å². The van der Waals surface area contributed by atoms with Crippen LogP contribution in [-0.2, 0) is 30.3 Å². The third kappa shape index (κ3) is 3.46. The topological polar surface area (TPSA) is 71.7 Å². The van der Waals surface area contributed by atoms with Crippen LogP contribution in [0, 0.1) is 11.5 Å². The van der Waals surface area contributed by atoms with Crippen molar-refractivity contribution in [1.82, 2.24) is 9.38 Å². The Morgan fingerprint density at radius 2 is 2.00 bits per heavy atom. The molecule has 3 aromatic rings. The molecule has 2 aliphatic carbocycles. The number of hydrogen-bond donors (Lipinski definition) is 1. The number of carbonyl (C=O) groups is 1. The van der Waals surface area contributed by atoms with Crippen LogP contribution in [0.1, 0.15) is 64.6 Å². The average Bonchev–Trinajstić information content (AvgIpc) is 3.00. The Balaban J connectivity index is 0.000000299. The van der Waals surface area contributed by atoms with Gasteiger partial charge in [-0.15, -0.1) is 29.7 Å². The molecule has 165 valence electrons. The quantitative estimate of drug-likeness (QED) is 0.189. The molecule has 6 heteroatoms. The van der Waals surface area contributed by atoms with Crippen molar-refractivity contribution in [2.24, 2.45) is 5.41 Å². The monoisotopic (exact) mass is 596 g/mol. The normalized spacial score (nSPS) is 23.1. The van der Waals surface area contributed by atoms with E-state index in [1.165, 1.54) is 49.4 Å². The van der Waals surface area contributed by atoms with Crippen molar-refractivity contribution in [2.45, 2.75) is 58.8 Å². The summed E-state index contributed by atoms with van der Waals surface area (Å²) in [6, 6.07) is 11.0. The minimum absolute atomic E-state index is 0. The molecule has 2 heterocycles. The molecule has 1 radical (unpaired) electrons. The van der Waals surface area contributed by atoms with E-state index in [0.717, 1.165) is 11.0 Å². The summed E-state index contributed by atoms with van der Waals surface area (Å²) in [5, 5.41) is 10.6. The molecule has 1 saturated carbocycles. The summed E-state index contributed by atoms with van der Waals surface area (Å²) in [4.78, 5) is 26.2. The van der Waals surface area contributed by atoms with Crippen molar-refractivity contribution < 1.29 is 30.0 Å². The van der Waals surface area contributed by atoms with Crippen molar-refractivity contribution in [3.05, 3.63) is 70.0 Å². The number of ketones is 1. The minimum atomic E-state index is -0.184. The van der Waals surface area contributed by atoms with E-state index >= 15 is 0 Å². The molecule has 0 amide bonds. The van der Waals surface area contributed by atoms with E-state index in [2.05, 4.69) is 42.3 Å². The predicted molar refractivity (Wildman–Crippen MR) is 118 cm³/mol. The molecule has 1 N–H and O–H groups in total. The zero-order valence-electron chi connectivity index (χ0n) is 18.4. The van der Waals surface area contributed by atoms with Crippen molar-refractivity contribution in [3.8, 4) is 0 Å². The van der Waals surface area contributed by atoms with E-state index in [-0.39, 0.29) is 48.0 Å². The second kappa shape index (κ2) is 7.99. The zero-order chi connectivity index (χ0) is 21.8. The van der Waals surface area contributed by atoms with E-state index in [1.807, 2.05) is 18.3 Å². The molecule has 31 heavy (non-hydrogen) atoms. The summed E-state index contributed by atoms with van der Waals surface area (Å²) in [6.07, 6.45) is 5.51. The fourth-order valence-corrected chi connectivity index (χ4v) is 5.50. The molecule has 2 unspecified atom stereocenters. The Morgan fingerprint density at radius 1 is 1.29 bits per heavy atom. The number of benzene rings is 1. The number of aliphatic hydroxyl groups excluding tert-OH is 1. The number of fused-ring (bicyclic) bond motifs is 10. The van der Waals surface area contributed by atoms with Gasteiger partial charge in [0, 0.05) is 49.6 Å². The van der Waals surface area contributed by atoms with Gasteiger partial charge in [-0.2, -0.15) is 0 Å². The van der Waals surface area contributed by atoms with E-state index < -0.39 is 0 Å². The number of allylic oxidation sites excluding steroid dienone is 2. The zero-order valence-corrected chi connectivity index (χ0v) is 20.8. The first-order valence-corrected chi connectivity index (χ1v) is 10.3. The van der Waals surface area contributed by atoms with Gasteiger partial charge in [-0.3, -0.25) is 9.59 Å². The van der Waals surface area contributed by atoms with Gasteiger partial charge in [-0.1, -0.05) is 31.7 Å². The van der Waals surface area contributed by atoms with E-state index in [9.17, 15) is 9.59 Å². The first-order chi connectivity index (χ1) is 14.1. The SMILES string of the molecule is CC(=O)C=C(C)O.CC12CCC(c3c1n1ccc(=O)nc1c1[c-]cccc31)C2(C)C.[Ir]. The molecule has 2 atom stereocenters. The summed E-state index contributed by atoms with van der Waals surface area (Å²) in [5.41, 5.74) is 3.70. The fraction of sp³-hybridized carbons (Fsp3) is 0.400. The molecule has 2 bridgehead atoms. The van der Waals surface area contributed by atoms with Crippen LogP contribution >= 0.6 is 0 Å². The maximum Gasteiger partial charge on any atom is 0.263 e. The van der Waals surface area contributed by atoms with Gasteiger partial charge in [0.05, 0.1) is 11.4 Å². The van der Waals surface area contributed by atoms with Crippen LogP contribution < -0.4 is 5.56 Å². The molecule has 5 nitrogen and oxygen atoms in total. The maximum absolute atomic E-state index is 11.9. The van der Waals surface area contributed by atoms with Gasteiger partial charge >= 0.3 is 0 Å². The molecule has 5 rings (SSSR count). The number of aliphatic hydroxyl groups is 1. The summed E-state index contributed by atoms with van der Waals surface area (Å²) >= 11 is 0.